The van der Waals surface area contributed by atoms with E-state index >= 15 is 0 Å². The molecule has 4 amide bonds. The van der Waals surface area contributed by atoms with Crippen LogP contribution in [-0.2, 0) is 35.2 Å². The topological polar surface area (TPSA) is 258 Å². The van der Waals surface area contributed by atoms with E-state index in [4.69, 9.17) is 21.9 Å². The average molecular weight is 730 g/mol. The molecule has 0 radical (unpaired) electrons. The second-order valence-corrected chi connectivity index (χ2v) is 13.8. The van der Waals surface area contributed by atoms with Gasteiger partial charge in [0.05, 0.1) is 25.1 Å². The predicted molar refractivity (Wildman–Crippen MR) is 197 cm³/mol. The van der Waals surface area contributed by atoms with Gasteiger partial charge in [-0.1, -0.05) is 38.1 Å². The van der Waals surface area contributed by atoms with Gasteiger partial charge in [0.25, 0.3) is 0 Å². The van der Waals surface area contributed by atoms with E-state index in [1.807, 2.05) is 13.8 Å². The number of carbonyl (C=O) groups excluding carboxylic acids is 5. The van der Waals surface area contributed by atoms with E-state index in [1.54, 1.807) is 36.4 Å². The van der Waals surface area contributed by atoms with E-state index in [1.165, 1.54) is 7.11 Å². The third kappa shape index (κ3) is 15.5. The first-order valence-electron chi connectivity index (χ1n) is 18.2. The van der Waals surface area contributed by atoms with Crippen molar-refractivity contribution in [3.8, 4) is 5.75 Å². The minimum Gasteiger partial charge on any atom is -0.497 e. The Balaban J connectivity index is 2.44. The molecule has 0 aliphatic carbocycles. The number of carboxylic acids is 1. The summed E-state index contributed by atoms with van der Waals surface area (Å²) in [5.41, 5.74) is 18.1. The minimum absolute atomic E-state index is 0.0222. The molecule has 1 aliphatic rings. The largest absolute Gasteiger partial charge is 0.497 e. The summed E-state index contributed by atoms with van der Waals surface area (Å²) < 4.78 is 5.23. The summed E-state index contributed by atoms with van der Waals surface area (Å²) in [6, 6.07) is 1.61. The Kier molecular flexibility index (Phi) is 19.6. The zero-order chi connectivity index (χ0) is 38.6. The van der Waals surface area contributed by atoms with Gasteiger partial charge in [0.1, 0.15) is 23.9 Å². The number of methoxy groups -OCH3 is 1. The Morgan fingerprint density at radius 1 is 0.865 bits per heavy atom. The maximum absolute atomic E-state index is 14.0. The number of hydrogen-bond donors (Lipinski definition) is 8. The van der Waals surface area contributed by atoms with Crippen LogP contribution in [0.3, 0.4) is 0 Å². The summed E-state index contributed by atoms with van der Waals surface area (Å²) in [6.45, 7) is 4.52. The van der Waals surface area contributed by atoms with Gasteiger partial charge in [-0.15, -0.1) is 0 Å². The lowest BCUT2D eigenvalue weighted by Gasteiger charge is -2.27. The third-order valence-electron chi connectivity index (χ3n) is 8.91. The molecule has 0 spiro atoms. The van der Waals surface area contributed by atoms with E-state index in [0.29, 0.717) is 50.1 Å². The Hall–Kier alpha value is -4.34. The molecule has 11 N–H and O–H groups in total. The molecule has 0 unspecified atom stereocenters. The number of hydrogen-bond acceptors (Lipinski definition) is 10. The maximum atomic E-state index is 14.0. The fraction of sp³-hybridized carbons (Fsp3) is 0.622. The van der Waals surface area contributed by atoms with E-state index in [-0.39, 0.29) is 50.9 Å². The summed E-state index contributed by atoms with van der Waals surface area (Å²) >= 11 is 0. The van der Waals surface area contributed by atoms with Crippen LogP contribution in [-0.4, -0.2) is 90.9 Å². The van der Waals surface area contributed by atoms with Gasteiger partial charge in [-0.3, -0.25) is 28.8 Å². The molecule has 52 heavy (non-hydrogen) atoms. The number of benzene rings is 1. The van der Waals surface area contributed by atoms with Gasteiger partial charge in [0.15, 0.2) is 5.78 Å². The third-order valence-corrected chi connectivity index (χ3v) is 8.91. The van der Waals surface area contributed by atoms with Crippen molar-refractivity contribution in [3.63, 3.8) is 0 Å². The summed E-state index contributed by atoms with van der Waals surface area (Å²) in [7, 11) is 1.52. The highest BCUT2D eigenvalue weighted by molar-refractivity contribution is 5.96. The first-order valence-corrected chi connectivity index (χ1v) is 18.2. The second kappa shape index (κ2) is 23.3. The second-order valence-electron chi connectivity index (χ2n) is 13.8. The van der Waals surface area contributed by atoms with Crippen LogP contribution in [0.1, 0.15) is 83.6 Å². The van der Waals surface area contributed by atoms with Crippen molar-refractivity contribution in [2.24, 2.45) is 29.0 Å². The van der Waals surface area contributed by atoms with Crippen molar-refractivity contribution in [3.05, 3.63) is 42.0 Å². The lowest BCUT2D eigenvalue weighted by Crippen LogP contribution is -2.58. The van der Waals surface area contributed by atoms with Gasteiger partial charge in [0, 0.05) is 6.42 Å². The number of unbranched alkanes of at least 4 members (excludes halogenated alkanes) is 2. The molecule has 0 saturated heterocycles. The number of carbonyl (C=O) groups is 6. The minimum atomic E-state index is -1.19. The molecule has 1 aliphatic heterocycles. The molecular formula is C37H59N7O8. The first-order chi connectivity index (χ1) is 24.8. The van der Waals surface area contributed by atoms with E-state index in [2.05, 4.69) is 21.3 Å². The van der Waals surface area contributed by atoms with Crippen LogP contribution >= 0.6 is 0 Å². The summed E-state index contributed by atoms with van der Waals surface area (Å²) in [5.74, 6) is -4.31. The molecule has 0 bridgehead atoms. The van der Waals surface area contributed by atoms with Gasteiger partial charge in [-0.2, -0.15) is 0 Å². The summed E-state index contributed by atoms with van der Waals surface area (Å²) in [6.07, 6.45) is 6.11. The monoisotopic (exact) mass is 729 g/mol. The normalized spacial score (nSPS) is 21.2. The molecule has 1 aromatic rings. The van der Waals surface area contributed by atoms with Crippen LogP contribution in [0, 0.1) is 11.8 Å². The Labute approximate surface area is 306 Å². The zero-order valence-electron chi connectivity index (χ0n) is 30.7. The van der Waals surface area contributed by atoms with Crippen molar-refractivity contribution in [1.82, 2.24) is 21.3 Å². The van der Waals surface area contributed by atoms with Gasteiger partial charge in [-0.25, -0.2) is 0 Å². The number of ether oxygens (including phenoxy) is 1. The van der Waals surface area contributed by atoms with Crippen LogP contribution < -0.4 is 43.2 Å². The predicted octanol–water partition coefficient (Wildman–Crippen LogP) is 0.818. The number of nitrogens with one attached hydrogen (secondary N) is 4. The quantitative estimate of drug-likeness (QED) is 0.0730. The van der Waals surface area contributed by atoms with E-state index < -0.39 is 71.5 Å². The number of rotatable bonds is 19. The molecule has 2 rings (SSSR count). The first kappa shape index (κ1) is 43.8. The number of amides is 4. The molecule has 0 fully saturated rings. The molecule has 6 atom stereocenters. The van der Waals surface area contributed by atoms with Crippen molar-refractivity contribution < 1.29 is 38.6 Å². The van der Waals surface area contributed by atoms with Crippen molar-refractivity contribution >= 4 is 35.4 Å². The highest BCUT2D eigenvalue weighted by Gasteiger charge is 2.33. The molecule has 0 saturated carbocycles. The van der Waals surface area contributed by atoms with E-state index in [0.717, 1.165) is 0 Å². The van der Waals surface area contributed by atoms with Crippen molar-refractivity contribution in [2.45, 2.75) is 115 Å². The summed E-state index contributed by atoms with van der Waals surface area (Å²) in [4.78, 5) is 80.0. The average Bonchev–Trinajstić information content (AvgIpc) is 3.10. The highest BCUT2D eigenvalue weighted by atomic mass is 16.5. The van der Waals surface area contributed by atoms with Gasteiger partial charge in [-0.05, 0) is 101 Å². The van der Waals surface area contributed by atoms with E-state index in [9.17, 15) is 33.9 Å². The Bertz CT molecular complexity index is 1350. The molecule has 15 nitrogen and oxygen atoms in total. The number of ketones is 1. The van der Waals surface area contributed by atoms with Crippen LogP contribution in [0.15, 0.2) is 36.4 Å². The molecule has 15 heteroatoms. The number of carboxylic acid groups (broad SMARTS) is 1. The van der Waals surface area contributed by atoms with Gasteiger partial charge in [0.2, 0.25) is 23.6 Å². The van der Waals surface area contributed by atoms with Crippen molar-refractivity contribution in [2.75, 3.05) is 20.2 Å². The molecular weight excluding hydrogens is 670 g/mol. The lowest BCUT2D eigenvalue weighted by atomic mass is 9.89. The molecule has 290 valence electrons. The van der Waals surface area contributed by atoms with Crippen LogP contribution in [0.2, 0.25) is 0 Å². The molecule has 1 aromatic carbocycles. The van der Waals surface area contributed by atoms with Crippen molar-refractivity contribution in [1.29, 1.82) is 0 Å². The Morgan fingerprint density at radius 3 is 1.96 bits per heavy atom. The molecule has 0 aromatic heterocycles. The Morgan fingerprint density at radius 2 is 1.42 bits per heavy atom. The fourth-order valence-corrected chi connectivity index (χ4v) is 5.90. The fourth-order valence-electron chi connectivity index (χ4n) is 5.90. The standard InChI is InChI=1S/C37H59N7O8/c1-23(2)20-25(37(50)51)22-32(45)31(21-24-14-16-26(52-3)17-15-24)44-36(49)29-11-5-4-10-27(40)33(46)41-28(12-6-8-18-38)34(47)43-30(35(48)42-29)13-7-9-19-39/h4-5,14-17,23,25,27-31H,6-13,18-22,38-40H2,1-3H3,(H,41,46)(H,42,48)(H,43,47)(H,44,49)(H,50,51)/t25-,27+,28+,29+,30+,31+/m1/s1. The van der Waals surface area contributed by atoms with Gasteiger partial charge >= 0.3 is 5.97 Å². The number of aliphatic carboxylic acids is 1. The highest BCUT2D eigenvalue weighted by Crippen LogP contribution is 2.20. The number of nitrogens with two attached hydrogens (primary N) is 3. The van der Waals surface area contributed by atoms with Crippen LogP contribution in [0.4, 0.5) is 0 Å². The molecule has 1 heterocycles. The maximum Gasteiger partial charge on any atom is 0.306 e. The van der Waals surface area contributed by atoms with Crippen LogP contribution in [0.25, 0.3) is 0 Å². The van der Waals surface area contributed by atoms with Gasteiger partial charge < -0.3 is 48.3 Å². The SMILES string of the molecule is COc1ccc(C[C@H](NC(=O)[C@@H]2CC=CC[C@H](N)C(=O)N[C@@H](CCCCN)C(=O)N[C@@H](CCCCN)C(=O)N2)C(=O)C[C@@H](CC(C)C)C(=O)O)cc1. The smallest absolute Gasteiger partial charge is 0.306 e. The summed E-state index contributed by atoms with van der Waals surface area (Å²) in [5, 5.41) is 20.8. The van der Waals surface area contributed by atoms with Crippen LogP contribution in [0.5, 0.6) is 5.75 Å². The zero-order valence-corrected chi connectivity index (χ0v) is 30.7. The lowest BCUT2D eigenvalue weighted by molar-refractivity contribution is -0.144. The number of Topliss-reactive ketones (excluding diaryl/α,β-unsaturated/α-hetero) is 1.